The summed E-state index contributed by atoms with van der Waals surface area (Å²) in [5, 5.41) is 0. The lowest BCUT2D eigenvalue weighted by molar-refractivity contribution is 0.744. The van der Waals surface area contributed by atoms with Crippen LogP contribution in [0.15, 0.2) is 27.7 Å². The summed E-state index contributed by atoms with van der Waals surface area (Å²) < 4.78 is 1.17. The Morgan fingerprint density at radius 3 is 3.23 bits per heavy atom. The molecule has 0 saturated heterocycles. The summed E-state index contributed by atoms with van der Waals surface area (Å²) in [5.74, 6) is 0. The number of aryl methyl sites for hydroxylation is 1. The molecule has 0 amide bonds. The van der Waals surface area contributed by atoms with Crippen LogP contribution in [0.1, 0.15) is 24.0 Å². The predicted molar refractivity (Wildman–Crippen MR) is 57.4 cm³/mol. The van der Waals surface area contributed by atoms with Crippen LogP contribution in [0.3, 0.4) is 0 Å². The van der Waals surface area contributed by atoms with Gasteiger partial charge in [0.1, 0.15) is 0 Å². The standard InChI is InChI=1S/C11H10BrN/c12-8-5-4-7-2-1-3-10-11(13-10)9(7)6-8/h4-6,10H,1-3H2. The largest absolute Gasteiger partial charge is 0.277 e. The monoisotopic (exact) mass is 235 g/mol. The highest BCUT2D eigenvalue weighted by Gasteiger charge is 2.32. The Bertz CT molecular complexity index is 395. The van der Waals surface area contributed by atoms with Crippen LogP contribution < -0.4 is 0 Å². The first-order valence-corrected chi connectivity index (χ1v) is 5.50. The molecular weight excluding hydrogens is 226 g/mol. The van der Waals surface area contributed by atoms with Gasteiger partial charge in [-0.15, -0.1) is 0 Å². The zero-order chi connectivity index (χ0) is 8.84. The van der Waals surface area contributed by atoms with E-state index in [2.05, 4.69) is 39.1 Å². The Labute approximate surface area is 86.0 Å². The topological polar surface area (TPSA) is 12.4 Å². The van der Waals surface area contributed by atoms with Crippen molar-refractivity contribution >= 4 is 21.6 Å². The van der Waals surface area contributed by atoms with E-state index in [1.165, 1.54) is 40.6 Å². The van der Waals surface area contributed by atoms with Gasteiger partial charge in [0.15, 0.2) is 0 Å². The normalized spacial score (nSPS) is 24.1. The van der Waals surface area contributed by atoms with Crippen LogP contribution in [0, 0.1) is 0 Å². The molecule has 2 heteroatoms. The smallest absolute Gasteiger partial charge is 0.0926 e. The van der Waals surface area contributed by atoms with Crippen LogP contribution >= 0.6 is 15.9 Å². The SMILES string of the molecule is Brc1ccc2c(c1)C1=NC1CCC2. The number of nitrogens with zero attached hydrogens (tertiary/aromatic N) is 1. The maximum absolute atomic E-state index is 4.49. The molecule has 1 heterocycles. The van der Waals surface area contributed by atoms with E-state index in [0.717, 1.165) is 0 Å². The second-order valence-electron chi connectivity index (χ2n) is 3.72. The molecule has 1 nitrogen and oxygen atoms in total. The lowest BCUT2D eigenvalue weighted by Gasteiger charge is -2.03. The lowest BCUT2D eigenvalue weighted by Crippen LogP contribution is -1.97. The van der Waals surface area contributed by atoms with Gasteiger partial charge < -0.3 is 0 Å². The average molecular weight is 236 g/mol. The van der Waals surface area contributed by atoms with E-state index < -0.39 is 0 Å². The van der Waals surface area contributed by atoms with Crippen molar-refractivity contribution in [3.05, 3.63) is 33.8 Å². The van der Waals surface area contributed by atoms with Crippen LogP contribution in [0.5, 0.6) is 0 Å². The van der Waals surface area contributed by atoms with Crippen molar-refractivity contribution < 1.29 is 0 Å². The van der Waals surface area contributed by atoms with E-state index in [4.69, 9.17) is 0 Å². The molecule has 13 heavy (non-hydrogen) atoms. The van der Waals surface area contributed by atoms with Gasteiger partial charge in [-0.3, -0.25) is 4.99 Å². The third kappa shape index (κ3) is 1.24. The molecule has 1 aromatic rings. The fraction of sp³-hybridized carbons (Fsp3) is 0.364. The highest BCUT2D eigenvalue weighted by atomic mass is 79.9. The van der Waals surface area contributed by atoms with Crippen molar-refractivity contribution in [2.24, 2.45) is 4.99 Å². The van der Waals surface area contributed by atoms with Crippen molar-refractivity contribution in [1.82, 2.24) is 0 Å². The van der Waals surface area contributed by atoms with Gasteiger partial charge in [0.05, 0.1) is 11.8 Å². The zero-order valence-electron chi connectivity index (χ0n) is 7.26. The van der Waals surface area contributed by atoms with Crippen molar-refractivity contribution in [2.75, 3.05) is 0 Å². The van der Waals surface area contributed by atoms with Crippen LogP contribution in [-0.2, 0) is 6.42 Å². The van der Waals surface area contributed by atoms with Crippen molar-refractivity contribution in [3.8, 4) is 0 Å². The maximum Gasteiger partial charge on any atom is 0.0926 e. The predicted octanol–water partition coefficient (Wildman–Crippen LogP) is 2.96. The Hall–Kier alpha value is -0.630. The fourth-order valence-corrected chi connectivity index (χ4v) is 2.43. The number of hydrogen-bond acceptors (Lipinski definition) is 1. The van der Waals surface area contributed by atoms with Crippen LogP contribution in [0.2, 0.25) is 0 Å². The lowest BCUT2D eigenvalue weighted by atomic mass is 10.0. The summed E-state index contributed by atoms with van der Waals surface area (Å²) in [6.07, 6.45) is 3.76. The zero-order valence-corrected chi connectivity index (χ0v) is 8.84. The molecule has 0 radical (unpaired) electrons. The minimum atomic E-state index is 0.565. The summed E-state index contributed by atoms with van der Waals surface area (Å²) >= 11 is 3.51. The highest BCUT2D eigenvalue weighted by molar-refractivity contribution is 9.10. The Balaban J connectivity index is 2.14. The number of fused-ring (bicyclic) bond motifs is 3. The minimum absolute atomic E-state index is 0.565. The number of rotatable bonds is 0. The first-order valence-electron chi connectivity index (χ1n) is 4.71. The van der Waals surface area contributed by atoms with Gasteiger partial charge >= 0.3 is 0 Å². The van der Waals surface area contributed by atoms with E-state index in [0.29, 0.717) is 6.04 Å². The molecule has 66 valence electrons. The first-order chi connectivity index (χ1) is 6.34. The molecule has 1 unspecified atom stereocenters. The van der Waals surface area contributed by atoms with Gasteiger partial charge in [-0.1, -0.05) is 22.0 Å². The molecule has 1 aromatic carbocycles. The molecule has 1 atom stereocenters. The van der Waals surface area contributed by atoms with Crippen LogP contribution in [0.4, 0.5) is 0 Å². The van der Waals surface area contributed by atoms with Gasteiger partial charge in [-0.25, -0.2) is 0 Å². The molecule has 0 bridgehead atoms. The second kappa shape index (κ2) is 2.68. The fourth-order valence-electron chi connectivity index (χ4n) is 2.07. The summed E-state index contributed by atoms with van der Waals surface area (Å²) in [6.45, 7) is 0. The van der Waals surface area contributed by atoms with Crippen LogP contribution in [0.25, 0.3) is 0 Å². The number of halogens is 1. The van der Waals surface area contributed by atoms with E-state index in [9.17, 15) is 0 Å². The van der Waals surface area contributed by atoms with E-state index in [1.807, 2.05) is 0 Å². The molecule has 3 rings (SSSR count). The molecule has 1 aliphatic heterocycles. The van der Waals surface area contributed by atoms with Crippen molar-refractivity contribution in [1.29, 1.82) is 0 Å². The molecular formula is C11H10BrN. The summed E-state index contributed by atoms with van der Waals surface area (Å²) in [5.41, 5.74) is 4.20. The molecule has 1 aliphatic carbocycles. The quantitative estimate of drug-likeness (QED) is 0.656. The Morgan fingerprint density at radius 2 is 2.31 bits per heavy atom. The van der Waals surface area contributed by atoms with Crippen molar-refractivity contribution in [2.45, 2.75) is 25.3 Å². The number of aliphatic imine (C=N–C) groups is 1. The van der Waals surface area contributed by atoms with E-state index in [-0.39, 0.29) is 0 Å². The Kier molecular flexibility index (Phi) is 1.59. The molecule has 0 saturated carbocycles. The van der Waals surface area contributed by atoms with Gasteiger partial charge in [-0.2, -0.15) is 0 Å². The van der Waals surface area contributed by atoms with Gasteiger partial charge in [0, 0.05) is 10.0 Å². The number of benzene rings is 1. The average Bonchev–Trinajstić information content (AvgIpc) is 2.85. The molecule has 0 spiro atoms. The third-order valence-electron chi connectivity index (χ3n) is 2.81. The van der Waals surface area contributed by atoms with Gasteiger partial charge in [0.25, 0.3) is 0 Å². The van der Waals surface area contributed by atoms with Gasteiger partial charge in [-0.05, 0) is 37.0 Å². The van der Waals surface area contributed by atoms with E-state index >= 15 is 0 Å². The molecule has 0 fully saturated rings. The molecule has 0 aromatic heterocycles. The summed E-state index contributed by atoms with van der Waals surface area (Å²) in [6, 6.07) is 7.13. The Morgan fingerprint density at radius 1 is 1.38 bits per heavy atom. The third-order valence-corrected chi connectivity index (χ3v) is 3.31. The summed E-state index contributed by atoms with van der Waals surface area (Å²) in [4.78, 5) is 4.49. The van der Waals surface area contributed by atoms with E-state index in [1.54, 1.807) is 0 Å². The van der Waals surface area contributed by atoms with Gasteiger partial charge in [0.2, 0.25) is 0 Å². The maximum atomic E-state index is 4.49. The van der Waals surface area contributed by atoms with Crippen molar-refractivity contribution in [3.63, 3.8) is 0 Å². The highest BCUT2D eigenvalue weighted by Crippen LogP contribution is 2.32. The second-order valence-corrected chi connectivity index (χ2v) is 4.64. The number of hydrogen-bond donors (Lipinski definition) is 0. The molecule has 2 aliphatic rings. The van der Waals surface area contributed by atoms with Crippen LogP contribution in [-0.4, -0.2) is 11.8 Å². The summed E-state index contributed by atoms with van der Waals surface area (Å²) in [7, 11) is 0. The first kappa shape index (κ1) is 7.74. The minimum Gasteiger partial charge on any atom is -0.277 e. The molecule has 0 N–H and O–H groups in total.